The summed E-state index contributed by atoms with van der Waals surface area (Å²) in [4.78, 5) is 13.7. The van der Waals surface area contributed by atoms with E-state index in [2.05, 4.69) is 10.2 Å². The van der Waals surface area contributed by atoms with Gasteiger partial charge >= 0.3 is 5.97 Å². The molecule has 1 spiro atoms. The van der Waals surface area contributed by atoms with E-state index in [-0.39, 0.29) is 11.6 Å². The van der Waals surface area contributed by atoms with Gasteiger partial charge in [0, 0.05) is 13.1 Å². The summed E-state index contributed by atoms with van der Waals surface area (Å²) in [6.45, 7) is 6.94. The van der Waals surface area contributed by atoms with Crippen LogP contribution in [-0.4, -0.2) is 55.9 Å². The molecule has 2 saturated heterocycles. The fourth-order valence-corrected chi connectivity index (χ4v) is 3.24. The van der Waals surface area contributed by atoms with Crippen LogP contribution in [0.25, 0.3) is 0 Å². The molecule has 3 aliphatic rings. The van der Waals surface area contributed by atoms with Gasteiger partial charge in [0.15, 0.2) is 0 Å². The van der Waals surface area contributed by atoms with Crippen molar-refractivity contribution in [2.45, 2.75) is 31.8 Å². The fourth-order valence-electron chi connectivity index (χ4n) is 3.24. The van der Waals surface area contributed by atoms with E-state index < -0.39 is 0 Å². The van der Waals surface area contributed by atoms with E-state index in [1.165, 1.54) is 0 Å². The maximum absolute atomic E-state index is 11.5. The van der Waals surface area contributed by atoms with Crippen LogP contribution < -0.4 is 5.32 Å². The van der Waals surface area contributed by atoms with Gasteiger partial charge in [-0.05, 0) is 39.3 Å². The van der Waals surface area contributed by atoms with Gasteiger partial charge < -0.3 is 19.7 Å². The van der Waals surface area contributed by atoms with E-state index in [1.54, 1.807) is 0 Å². The first-order valence-electron chi connectivity index (χ1n) is 7.17. The van der Waals surface area contributed by atoms with Gasteiger partial charge in [-0.15, -0.1) is 0 Å². The highest BCUT2D eigenvalue weighted by Crippen LogP contribution is 2.31. The highest BCUT2D eigenvalue weighted by atomic mass is 16.5. The normalized spacial score (nSPS) is 27.6. The summed E-state index contributed by atoms with van der Waals surface area (Å²) in [5, 5.41) is 3.39. The number of piperidine rings is 1. The quantitative estimate of drug-likeness (QED) is 0.707. The first-order chi connectivity index (χ1) is 9.20. The van der Waals surface area contributed by atoms with Crippen molar-refractivity contribution >= 4 is 5.97 Å². The third kappa shape index (κ3) is 2.49. The van der Waals surface area contributed by atoms with Gasteiger partial charge in [-0.2, -0.15) is 0 Å². The van der Waals surface area contributed by atoms with Gasteiger partial charge in [0.25, 0.3) is 0 Å². The molecule has 0 saturated carbocycles. The Hall–Kier alpha value is -1.07. The predicted octanol–water partition coefficient (Wildman–Crippen LogP) is 0.662. The van der Waals surface area contributed by atoms with Crippen molar-refractivity contribution in [1.82, 2.24) is 10.2 Å². The molecule has 0 radical (unpaired) electrons. The van der Waals surface area contributed by atoms with E-state index in [9.17, 15) is 4.79 Å². The van der Waals surface area contributed by atoms with E-state index >= 15 is 0 Å². The summed E-state index contributed by atoms with van der Waals surface area (Å²) in [6, 6.07) is 0. The molecule has 0 bridgehead atoms. The minimum Gasteiger partial charge on any atom is -0.456 e. The van der Waals surface area contributed by atoms with Crippen LogP contribution in [0.2, 0.25) is 0 Å². The van der Waals surface area contributed by atoms with Gasteiger partial charge in [0.2, 0.25) is 0 Å². The third-order valence-electron chi connectivity index (χ3n) is 4.58. The molecule has 0 aromatic carbocycles. The number of hydrogen-bond acceptors (Lipinski definition) is 5. The average molecular weight is 266 g/mol. The lowest BCUT2D eigenvalue weighted by Crippen LogP contribution is -2.44. The zero-order valence-corrected chi connectivity index (χ0v) is 11.5. The smallest absolute Gasteiger partial charge is 0.335 e. The number of hydrogen-bond donors (Lipinski definition) is 1. The molecular formula is C14H22N2O3. The predicted molar refractivity (Wildman–Crippen MR) is 70.6 cm³/mol. The molecule has 2 fully saturated rings. The van der Waals surface area contributed by atoms with Crippen molar-refractivity contribution in [3.63, 3.8) is 0 Å². The van der Waals surface area contributed by atoms with Crippen LogP contribution in [0.5, 0.6) is 0 Å². The summed E-state index contributed by atoms with van der Waals surface area (Å²) in [5.41, 5.74) is 1.87. The second kappa shape index (κ2) is 5.13. The van der Waals surface area contributed by atoms with Crippen molar-refractivity contribution < 1.29 is 14.3 Å². The summed E-state index contributed by atoms with van der Waals surface area (Å²) in [7, 11) is 0. The number of rotatable bonds is 1. The lowest BCUT2D eigenvalue weighted by molar-refractivity contribution is -0.136. The number of nitrogens with one attached hydrogen (secondary N) is 1. The number of esters is 1. The molecule has 5 nitrogen and oxygen atoms in total. The van der Waals surface area contributed by atoms with Crippen molar-refractivity contribution in [2.24, 2.45) is 0 Å². The molecule has 0 amide bonds. The summed E-state index contributed by atoms with van der Waals surface area (Å²) >= 11 is 0. The molecule has 1 N–H and O–H groups in total. The molecule has 0 unspecified atom stereocenters. The number of carbonyl (C=O) groups is 1. The molecule has 3 heterocycles. The van der Waals surface area contributed by atoms with Crippen molar-refractivity contribution in [2.75, 3.05) is 39.4 Å². The van der Waals surface area contributed by atoms with Crippen molar-refractivity contribution in [3.05, 3.63) is 11.3 Å². The number of carbonyl (C=O) groups excluding carboxylic acids is 1. The largest absolute Gasteiger partial charge is 0.456 e. The number of ether oxygens (including phenoxy) is 2. The molecule has 0 aliphatic carbocycles. The molecule has 0 aromatic heterocycles. The zero-order valence-electron chi connectivity index (χ0n) is 11.5. The van der Waals surface area contributed by atoms with Crippen LogP contribution in [0.3, 0.4) is 0 Å². The van der Waals surface area contributed by atoms with Crippen LogP contribution in [0.15, 0.2) is 11.3 Å². The van der Waals surface area contributed by atoms with Gasteiger partial charge in [-0.1, -0.05) is 0 Å². The lowest BCUT2D eigenvalue weighted by Gasteiger charge is -2.36. The van der Waals surface area contributed by atoms with Crippen LogP contribution in [0.4, 0.5) is 0 Å². The highest BCUT2D eigenvalue weighted by molar-refractivity contribution is 5.90. The summed E-state index contributed by atoms with van der Waals surface area (Å²) in [6.07, 6.45) is 3.22. The SMILES string of the molecule is CC1=C(N2CCOC3(CCNCC3)CC2)COC1=O. The van der Waals surface area contributed by atoms with Crippen LogP contribution >= 0.6 is 0 Å². The number of cyclic esters (lactones) is 1. The molecule has 5 heteroatoms. The minimum absolute atomic E-state index is 0.0535. The Morgan fingerprint density at radius 1 is 1.21 bits per heavy atom. The Balaban J connectivity index is 1.69. The van der Waals surface area contributed by atoms with Gasteiger partial charge in [0.05, 0.1) is 23.5 Å². The molecule has 0 aromatic rings. The Bertz CT molecular complexity index is 399. The Morgan fingerprint density at radius 3 is 2.68 bits per heavy atom. The summed E-state index contributed by atoms with van der Waals surface area (Å²) < 4.78 is 11.3. The zero-order chi connectivity index (χ0) is 13.3. The molecule has 106 valence electrons. The van der Waals surface area contributed by atoms with Gasteiger partial charge in [0.1, 0.15) is 6.61 Å². The maximum atomic E-state index is 11.5. The average Bonchev–Trinajstić information content (AvgIpc) is 2.64. The number of nitrogens with zero attached hydrogens (tertiary/aromatic N) is 1. The molecule has 3 aliphatic heterocycles. The highest BCUT2D eigenvalue weighted by Gasteiger charge is 2.36. The second-order valence-corrected chi connectivity index (χ2v) is 5.67. The Labute approximate surface area is 113 Å². The van der Waals surface area contributed by atoms with Gasteiger partial charge in [-0.3, -0.25) is 0 Å². The van der Waals surface area contributed by atoms with Crippen molar-refractivity contribution in [3.8, 4) is 0 Å². The van der Waals surface area contributed by atoms with Gasteiger partial charge in [-0.25, -0.2) is 4.79 Å². The van der Waals surface area contributed by atoms with E-state index in [0.717, 1.165) is 63.3 Å². The molecular weight excluding hydrogens is 244 g/mol. The first kappa shape index (κ1) is 12.9. The third-order valence-corrected chi connectivity index (χ3v) is 4.58. The van der Waals surface area contributed by atoms with Crippen LogP contribution in [0, 0.1) is 0 Å². The summed E-state index contributed by atoms with van der Waals surface area (Å²) in [5.74, 6) is -0.170. The maximum Gasteiger partial charge on any atom is 0.335 e. The van der Waals surface area contributed by atoms with E-state index in [1.807, 2.05) is 6.92 Å². The van der Waals surface area contributed by atoms with E-state index in [4.69, 9.17) is 9.47 Å². The standard InChI is InChI=1S/C14H22N2O3/c1-11-12(10-18-13(11)17)16-7-4-14(19-9-8-16)2-5-15-6-3-14/h15H,2-10H2,1H3. The van der Waals surface area contributed by atoms with Crippen LogP contribution in [-0.2, 0) is 14.3 Å². The lowest BCUT2D eigenvalue weighted by atomic mass is 9.88. The van der Waals surface area contributed by atoms with Crippen LogP contribution in [0.1, 0.15) is 26.2 Å². The fraction of sp³-hybridized carbons (Fsp3) is 0.786. The van der Waals surface area contributed by atoms with E-state index in [0.29, 0.717) is 6.61 Å². The Morgan fingerprint density at radius 2 is 2.00 bits per heavy atom. The molecule has 0 atom stereocenters. The minimum atomic E-state index is -0.170. The Kier molecular flexibility index (Phi) is 3.50. The molecule has 19 heavy (non-hydrogen) atoms. The van der Waals surface area contributed by atoms with Crippen molar-refractivity contribution in [1.29, 1.82) is 0 Å². The molecule has 3 rings (SSSR count). The monoisotopic (exact) mass is 266 g/mol. The topological polar surface area (TPSA) is 50.8 Å². The second-order valence-electron chi connectivity index (χ2n) is 5.67. The first-order valence-corrected chi connectivity index (χ1v) is 7.17.